The summed E-state index contributed by atoms with van der Waals surface area (Å²) in [4.78, 5) is 36.1. The highest BCUT2D eigenvalue weighted by Gasteiger charge is 2.32. The van der Waals surface area contributed by atoms with E-state index in [2.05, 4.69) is 5.32 Å². The number of alkyl carbamates (subject to hydrolysis) is 1. The van der Waals surface area contributed by atoms with Gasteiger partial charge in [0.05, 0.1) is 0 Å². The standard InChI is InChI=1S/C21H29N3O5/c25-19(23-13-6-14-24(23)21(27)28)12-11-18(17-9-4-5-10-17)22-20(26)29-15-16-7-2-1-3-8-16/h1-3,7-8,17-18H,4-6,9-15H2,(H,22,26)(H,27,28). The van der Waals surface area contributed by atoms with Crippen molar-refractivity contribution in [2.24, 2.45) is 5.92 Å². The third-order valence-corrected chi connectivity index (χ3v) is 5.69. The van der Waals surface area contributed by atoms with Crippen molar-refractivity contribution in [3.63, 3.8) is 0 Å². The number of amides is 3. The van der Waals surface area contributed by atoms with Crippen molar-refractivity contribution in [2.45, 2.75) is 57.6 Å². The molecule has 29 heavy (non-hydrogen) atoms. The molecule has 158 valence electrons. The van der Waals surface area contributed by atoms with Crippen LogP contribution in [0.15, 0.2) is 30.3 Å². The average Bonchev–Trinajstić information content (AvgIpc) is 3.42. The van der Waals surface area contributed by atoms with Crippen LogP contribution in [0.4, 0.5) is 9.59 Å². The van der Waals surface area contributed by atoms with Crippen molar-refractivity contribution < 1.29 is 24.2 Å². The van der Waals surface area contributed by atoms with Gasteiger partial charge in [0.15, 0.2) is 0 Å². The summed E-state index contributed by atoms with van der Waals surface area (Å²) in [6.07, 6.45) is 4.01. The van der Waals surface area contributed by atoms with Gasteiger partial charge < -0.3 is 15.2 Å². The summed E-state index contributed by atoms with van der Waals surface area (Å²) in [6, 6.07) is 9.33. The minimum Gasteiger partial charge on any atom is -0.464 e. The highest BCUT2D eigenvalue weighted by Crippen LogP contribution is 2.30. The number of carbonyl (C=O) groups excluding carboxylic acids is 2. The van der Waals surface area contributed by atoms with Crippen LogP contribution in [0.2, 0.25) is 0 Å². The second-order valence-electron chi connectivity index (χ2n) is 7.67. The fourth-order valence-electron chi connectivity index (χ4n) is 4.18. The third-order valence-electron chi connectivity index (χ3n) is 5.69. The van der Waals surface area contributed by atoms with Gasteiger partial charge in [0.1, 0.15) is 6.61 Å². The van der Waals surface area contributed by atoms with Gasteiger partial charge in [-0.2, -0.15) is 0 Å². The van der Waals surface area contributed by atoms with Crippen LogP contribution in [-0.4, -0.2) is 52.3 Å². The fourth-order valence-corrected chi connectivity index (χ4v) is 4.18. The van der Waals surface area contributed by atoms with Gasteiger partial charge in [-0.25, -0.2) is 19.6 Å². The van der Waals surface area contributed by atoms with E-state index in [0.717, 1.165) is 36.3 Å². The summed E-state index contributed by atoms with van der Waals surface area (Å²) in [6.45, 7) is 0.966. The van der Waals surface area contributed by atoms with Crippen LogP contribution in [0.1, 0.15) is 50.5 Å². The van der Waals surface area contributed by atoms with Gasteiger partial charge in [0, 0.05) is 25.6 Å². The lowest BCUT2D eigenvalue weighted by atomic mass is 9.94. The van der Waals surface area contributed by atoms with Gasteiger partial charge in [-0.15, -0.1) is 0 Å². The molecule has 0 aromatic heterocycles. The fraction of sp³-hybridized carbons (Fsp3) is 0.571. The van der Waals surface area contributed by atoms with Crippen LogP contribution in [0, 0.1) is 5.92 Å². The number of nitrogens with one attached hydrogen (secondary N) is 1. The van der Waals surface area contributed by atoms with Crippen molar-refractivity contribution in [2.75, 3.05) is 13.1 Å². The molecule has 2 aliphatic rings. The molecule has 3 rings (SSSR count). The quantitative estimate of drug-likeness (QED) is 0.727. The number of carboxylic acid groups (broad SMARTS) is 1. The van der Waals surface area contributed by atoms with E-state index < -0.39 is 12.2 Å². The molecule has 1 aliphatic carbocycles. The highest BCUT2D eigenvalue weighted by molar-refractivity contribution is 5.79. The Morgan fingerprint density at radius 2 is 1.76 bits per heavy atom. The summed E-state index contributed by atoms with van der Waals surface area (Å²) < 4.78 is 5.34. The van der Waals surface area contributed by atoms with Crippen LogP contribution >= 0.6 is 0 Å². The maximum Gasteiger partial charge on any atom is 0.426 e. The zero-order valence-corrected chi connectivity index (χ0v) is 16.6. The number of nitrogens with zero attached hydrogens (tertiary/aromatic N) is 2. The Balaban J connectivity index is 1.52. The smallest absolute Gasteiger partial charge is 0.426 e. The largest absolute Gasteiger partial charge is 0.464 e. The first kappa shape index (κ1) is 21.0. The second kappa shape index (κ2) is 10.1. The molecule has 2 N–H and O–H groups in total. The molecule has 1 saturated carbocycles. The van der Waals surface area contributed by atoms with E-state index >= 15 is 0 Å². The SMILES string of the molecule is O=C(NC(CCC(=O)N1CCCN1C(=O)O)C1CCCC1)OCc1ccccc1. The number of rotatable bonds is 7. The molecule has 0 bridgehead atoms. The minimum atomic E-state index is -1.11. The van der Waals surface area contributed by atoms with Crippen LogP contribution in [0.3, 0.4) is 0 Å². The van der Waals surface area contributed by atoms with E-state index in [1.165, 1.54) is 5.01 Å². The Morgan fingerprint density at radius 1 is 1.07 bits per heavy atom. The van der Waals surface area contributed by atoms with Crippen molar-refractivity contribution in [3.8, 4) is 0 Å². The van der Waals surface area contributed by atoms with E-state index in [0.29, 0.717) is 31.8 Å². The van der Waals surface area contributed by atoms with Crippen molar-refractivity contribution in [1.82, 2.24) is 15.3 Å². The highest BCUT2D eigenvalue weighted by atomic mass is 16.5. The predicted molar refractivity (Wildman–Crippen MR) is 106 cm³/mol. The number of carbonyl (C=O) groups is 3. The first-order valence-corrected chi connectivity index (χ1v) is 10.3. The molecule has 8 heteroatoms. The number of hydrogen-bond donors (Lipinski definition) is 2. The van der Waals surface area contributed by atoms with Crippen LogP contribution < -0.4 is 5.32 Å². The lowest BCUT2D eigenvalue weighted by molar-refractivity contribution is -0.141. The first-order valence-electron chi connectivity index (χ1n) is 10.3. The van der Waals surface area contributed by atoms with Gasteiger partial charge in [0.2, 0.25) is 5.91 Å². The Labute approximate surface area is 170 Å². The lowest BCUT2D eigenvalue weighted by Gasteiger charge is -2.28. The molecular weight excluding hydrogens is 374 g/mol. The summed E-state index contributed by atoms with van der Waals surface area (Å²) in [5.74, 6) is 0.105. The number of benzene rings is 1. The van der Waals surface area contributed by atoms with E-state index in [1.807, 2.05) is 30.3 Å². The maximum absolute atomic E-state index is 12.6. The van der Waals surface area contributed by atoms with Gasteiger partial charge in [0.25, 0.3) is 0 Å². The van der Waals surface area contributed by atoms with E-state index in [-0.39, 0.29) is 25.0 Å². The predicted octanol–water partition coefficient (Wildman–Crippen LogP) is 3.38. The average molecular weight is 403 g/mol. The first-order chi connectivity index (χ1) is 14.0. The molecule has 0 spiro atoms. The minimum absolute atomic E-state index is 0.148. The third kappa shape index (κ3) is 5.85. The molecule has 1 heterocycles. The molecule has 1 aliphatic heterocycles. The Bertz CT molecular complexity index is 706. The van der Waals surface area contributed by atoms with E-state index in [9.17, 15) is 19.5 Å². The molecule has 2 fully saturated rings. The Morgan fingerprint density at radius 3 is 2.45 bits per heavy atom. The van der Waals surface area contributed by atoms with Gasteiger partial charge in [-0.1, -0.05) is 43.2 Å². The molecule has 3 amide bonds. The summed E-state index contributed by atoms with van der Waals surface area (Å²) in [5.41, 5.74) is 0.915. The topological polar surface area (TPSA) is 99.2 Å². The normalized spacial score (nSPS) is 17.9. The van der Waals surface area contributed by atoms with Crippen LogP contribution in [0.25, 0.3) is 0 Å². The number of hydrogen-bond acceptors (Lipinski definition) is 4. The molecule has 1 aromatic rings. The zero-order valence-electron chi connectivity index (χ0n) is 16.6. The number of hydrazine groups is 1. The van der Waals surface area contributed by atoms with E-state index in [1.54, 1.807) is 0 Å². The molecular formula is C21H29N3O5. The molecule has 1 atom stereocenters. The van der Waals surface area contributed by atoms with Gasteiger partial charge >= 0.3 is 12.2 Å². The molecule has 8 nitrogen and oxygen atoms in total. The van der Waals surface area contributed by atoms with Crippen molar-refractivity contribution in [3.05, 3.63) is 35.9 Å². The van der Waals surface area contributed by atoms with Gasteiger partial charge in [-0.05, 0) is 37.2 Å². The lowest BCUT2D eigenvalue weighted by Crippen LogP contribution is -2.45. The van der Waals surface area contributed by atoms with Crippen molar-refractivity contribution >= 4 is 18.1 Å². The maximum atomic E-state index is 12.6. The summed E-state index contributed by atoms with van der Waals surface area (Å²) in [7, 11) is 0. The Hall–Kier alpha value is -2.77. The summed E-state index contributed by atoms with van der Waals surface area (Å²) >= 11 is 0. The van der Waals surface area contributed by atoms with Gasteiger partial charge in [-0.3, -0.25) is 4.79 Å². The van der Waals surface area contributed by atoms with E-state index in [4.69, 9.17) is 4.74 Å². The zero-order chi connectivity index (χ0) is 20.6. The molecule has 1 aromatic carbocycles. The monoisotopic (exact) mass is 403 g/mol. The van der Waals surface area contributed by atoms with Crippen LogP contribution in [-0.2, 0) is 16.1 Å². The molecule has 1 saturated heterocycles. The van der Waals surface area contributed by atoms with Crippen LogP contribution in [0.5, 0.6) is 0 Å². The number of ether oxygens (including phenoxy) is 1. The second-order valence-corrected chi connectivity index (χ2v) is 7.67. The Kier molecular flexibility index (Phi) is 7.32. The molecule has 0 radical (unpaired) electrons. The summed E-state index contributed by atoms with van der Waals surface area (Å²) in [5, 5.41) is 14.5. The van der Waals surface area contributed by atoms with Crippen molar-refractivity contribution in [1.29, 1.82) is 0 Å². The molecule has 1 unspecified atom stereocenters.